The summed E-state index contributed by atoms with van der Waals surface area (Å²) >= 11 is 0. The van der Waals surface area contributed by atoms with Crippen molar-refractivity contribution in [2.75, 3.05) is 6.61 Å². The monoisotopic (exact) mass is 243 g/mol. The van der Waals surface area contributed by atoms with Crippen molar-refractivity contribution in [1.82, 2.24) is 4.98 Å². The number of aromatic hydroxyl groups is 1. The Morgan fingerprint density at radius 3 is 2.56 bits per heavy atom. The SMILES string of the molecule is CCO[C@@H](C)c1ccc(-c2ncccc2O)cc1. The lowest BCUT2D eigenvalue weighted by molar-refractivity contribution is 0.0764. The molecule has 3 heteroatoms. The molecular formula is C15H17NO2. The van der Waals surface area contributed by atoms with Crippen molar-refractivity contribution < 1.29 is 9.84 Å². The van der Waals surface area contributed by atoms with E-state index < -0.39 is 0 Å². The van der Waals surface area contributed by atoms with E-state index in [9.17, 15) is 5.11 Å². The van der Waals surface area contributed by atoms with Crippen molar-refractivity contribution in [3.05, 3.63) is 48.2 Å². The number of nitrogens with zero attached hydrogens (tertiary/aromatic N) is 1. The van der Waals surface area contributed by atoms with Gasteiger partial charge in [-0.2, -0.15) is 0 Å². The Bertz CT molecular complexity index is 508. The summed E-state index contributed by atoms with van der Waals surface area (Å²) in [4.78, 5) is 4.18. The fourth-order valence-electron chi connectivity index (χ4n) is 1.88. The van der Waals surface area contributed by atoms with Crippen molar-refractivity contribution in [2.24, 2.45) is 0 Å². The topological polar surface area (TPSA) is 42.4 Å². The van der Waals surface area contributed by atoms with Crippen LogP contribution in [0.5, 0.6) is 5.75 Å². The van der Waals surface area contributed by atoms with E-state index in [4.69, 9.17) is 4.74 Å². The van der Waals surface area contributed by atoms with Crippen LogP contribution in [-0.2, 0) is 4.74 Å². The number of ether oxygens (including phenoxy) is 1. The predicted molar refractivity (Wildman–Crippen MR) is 71.4 cm³/mol. The van der Waals surface area contributed by atoms with Gasteiger partial charge in [-0.05, 0) is 31.5 Å². The Morgan fingerprint density at radius 2 is 1.94 bits per heavy atom. The summed E-state index contributed by atoms with van der Waals surface area (Å²) in [5, 5.41) is 9.74. The number of pyridine rings is 1. The molecule has 0 aliphatic carbocycles. The molecule has 0 bridgehead atoms. The summed E-state index contributed by atoms with van der Waals surface area (Å²) in [7, 11) is 0. The summed E-state index contributed by atoms with van der Waals surface area (Å²) in [5.74, 6) is 0.197. The van der Waals surface area contributed by atoms with Gasteiger partial charge in [0.1, 0.15) is 11.4 Å². The van der Waals surface area contributed by atoms with Crippen molar-refractivity contribution in [1.29, 1.82) is 0 Å². The van der Waals surface area contributed by atoms with E-state index in [1.54, 1.807) is 18.3 Å². The highest BCUT2D eigenvalue weighted by Crippen LogP contribution is 2.27. The van der Waals surface area contributed by atoms with Gasteiger partial charge in [-0.1, -0.05) is 24.3 Å². The van der Waals surface area contributed by atoms with Crippen molar-refractivity contribution >= 4 is 0 Å². The fraction of sp³-hybridized carbons (Fsp3) is 0.267. The minimum absolute atomic E-state index is 0.0846. The van der Waals surface area contributed by atoms with Crippen LogP contribution in [0.3, 0.4) is 0 Å². The zero-order valence-electron chi connectivity index (χ0n) is 10.6. The molecule has 0 spiro atoms. The average Bonchev–Trinajstić information content (AvgIpc) is 2.40. The minimum Gasteiger partial charge on any atom is -0.506 e. The van der Waals surface area contributed by atoms with E-state index in [-0.39, 0.29) is 11.9 Å². The molecule has 0 fully saturated rings. The van der Waals surface area contributed by atoms with E-state index in [0.29, 0.717) is 12.3 Å². The molecular weight excluding hydrogens is 226 g/mol. The lowest BCUT2D eigenvalue weighted by atomic mass is 10.1. The predicted octanol–water partition coefficient (Wildman–Crippen LogP) is 3.55. The van der Waals surface area contributed by atoms with Crippen LogP contribution >= 0.6 is 0 Å². The highest BCUT2D eigenvalue weighted by molar-refractivity contribution is 5.65. The lowest BCUT2D eigenvalue weighted by Crippen LogP contribution is -1.99. The van der Waals surface area contributed by atoms with Gasteiger partial charge in [0, 0.05) is 18.4 Å². The van der Waals surface area contributed by atoms with Crippen LogP contribution < -0.4 is 0 Å². The number of hydrogen-bond acceptors (Lipinski definition) is 3. The molecule has 0 saturated carbocycles. The summed E-state index contributed by atoms with van der Waals surface area (Å²) in [6.45, 7) is 4.71. The van der Waals surface area contributed by atoms with Gasteiger partial charge >= 0.3 is 0 Å². The maximum atomic E-state index is 9.74. The maximum absolute atomic E-state index is 9.74. The van der Waals surface area contributed by atoms with Crippen molar-refractivity contribution in [3.63, 3.8) is 0 Å². The van der Waals surface area contributed by atoms with Crippen LogP contribution in [0, 0.1) is 0 Å². The molecule has 18 heavy (non-hydrogen) atoms. The zero-order valence-corrected chi connectivity index (χ0v) is 10.6. The molecule has 1 aromatic heterocycles. The second-order valence-corrected chi connectivity index (χ2v) is 4.09. The molecule has 2 rings (SSSR count). The lowest BCUT2D eigenvalue weighted by Gasteiger charge is -2.12. The van der Waals surface area contributed by atoms with Crippen molar-refractivity contribution in [2.45, 2.75) is 20.0 Å². The van der Waals surface area contributed by atoms with E-state index in [0.717, 1.165) is 11.1 Å². The van der Waals surface area contributed by atoms with Crippen LogP contribution in [-0.4, -0.2) is 16.7 Å². The van der Waals surface area contributed by atoms with E-state index in [1.807, 2.05) is 38.1 Å². The van der Waals surface area contributed by atoms with Gasteiger partial charge < -0.3 is 9.84 Å². The third kappa shape index (κ3) is 2.68. The van der Waals surface area contributed by atoms with Gasteiger partial charge in [-0.15, -0.1) is 0 Å². The molecule has 0 unspecified atom stereocenters. The van der Waals surface area contributed by atoms with Crippen molar-refractivity contribution in [3.8, 4) is 17.0 Å². The number of rotatable bonds is 4. The molecule has 1 aromatic carbocycles. The summed E-state index contributed by atoms with van der Waals surface area (Å²) in [6.07, 6.45) is 1.76. The summed E-state index contributed by atoms with van der Waals surface area (Å²) in [5.41, 5.74) is 2.63. The first-order valence-electron chi connectivity index (χ1n) is 6.08. The Balaban J connectivity index is 2.25. The quantitative estimate of drug-likeness (QED) is 0.892. The standard InChI is InChI=1S/C15H17NO2/c1-3-18-11(2)12-6-8-13(9-7-12)15-14(17)5-4-10-16-15/h4-11,17H,3H2,1-2H3/t11-/m0/s1. The van der Waals surface area contributed by atoms with E-state index >= 15 is 0 Å². The first-order valence-corrected chi connectivity index (χ1v) is 6.08. The van der Waals surface area contributed by atoms with Gasteiger partial charge in [0.15, 0.2) is 0 Å². The Kier molecular flexibility index (Phi) is 3.95. The molecule has 1 atom stereocenters. The molecule has 1 N–H and O–H groups in total. The molecule has 0 saturated heterocycles. The molecule has 3 nitrogen and oxygen atoms in total. The molecule has 94 valence electrons. The maximum Gasteiger partial charge on any atom is 0.141 e. The number of benzene rings is 1. The first kappa shape index (κ1) is 12.6. The first-order chi connectivity index (χ1) is 8.72. The fourth-order valence-corrected chi connectivity index (χ4v) is 1.88. The molecule has 2 aromatic rings. The van der Waals surface area contributed by atoms with Gasteiger partial charge in [-0.3, -0.25) is 4.98 Å². The van der Waals surface area contributed by atoms with Crippen LogP contribution in [0.15, 0.2) is 42.6 Å². The average molecular weight is 243 g/mol. The third-order valence-electron chi connectivity index (χ3n) is 2.86. The molecule has 0 radical (unpaired) electrons. The Morgan fingerprint density at radius 1 is 1.22 bits per heavy atom. The third-order valence-corrected chi connectivity index (χ3v) is 2.86. The van der Waals surface area contributed by atoms with Crippen LogP contribution in [0.4, 0.5) is 0 Å². The Labute approximate surface area is 107 Å². The second-order valence-electron chi connectivity index (χ2n) is 4.09. The van der Waals surface area contributed by atoms with Crippen LogP contribution in [0.25, 0.3) is 11.3 Å². The molecule has 0 aliphatic rings. The molecule has 1 heterocycles. The van der Waals surface area contributed by atoms with Crippen LogP contribution in [0.1, 0.15) is 25.5 Å². The summed E-state index contributed by atoms with van der Waals surface area (Å²) < 4.78 is 5.53. The van der Waals surface area contributed by atoms with Gasteiger partial charge in [0.2, 0.25) is 0 Å². The van der Waals surface area contributed by atoms with E-state index in [2.05, 4.69) is 4.98 Å². The summed E-state index contributed by atoms with van der Waals surface area (Å²) in [6, 6.07) is 11.3. The van der Waals surface area contributed by atoms with Gasteiger partial charge in [-0.25, -0.2) is 0 Å². The molecule has 0 aliphatic heterocycles. The normalized spacial score (nSPS) is 12.3. The van der Waals surface area contributed by atoms with Crippen LogP contribution in [0.2, 0.25) is 0 Å². The largest absolute Gasteiger partial charge is 0.506 e. The zero-order chi connectivity index (χ0) is 13.0. The Hall–Kier alpha value is -1.87. The van der Waals surface area contributed by atoms with Gasteiger partial charge in [0.05, 0.1) is 6.10 Å². The highest BCUT2D eigenvalue weighted by Gasteiger charge is 2.07. The molecule has 0 amide bonds. The minimum atomic E-state index is 0.0846. The van der Waals surface area contributed by atoms with Gasteiger partial charge in [0.25, 0.3) is 0 Å². The highest BCUT2D eigenvalue weighted by atomic mass is 16.5. The van der Waals surface area contributed by atoms with E-state index in [1.165, 1.54) is 0 Å². The number of hydrogen-bond donors (Lipinski definition) is 1. The second kappa shape index (κ2) is 5.65. The number of aromatic nitrogens is 1. The smallest absolute Gasteiger partial charge is 0.141 e.